The molecule has 1 aromatic rings. The van der Waals surface area contributed by atoms with Gasteiger partial charge in [-0.25, -0.2) is 12.0 Å². The minimum Gasteiger partial charge on any atom is -0.333 e. The summed E-state index contributed by atoms with van der Waals surface area (Å²) in [5.41, 5.74) is 0.832. The molecule has 0 saturated heterocycles. The molecule has 0 saturated carbocycles. The number of nitrogens with zero attached hydrogens (tertiary/aromatic N) is 3. The molecule has 0 aliphatic rings. The fraction of sp³-hybridized carbons (Fsp3) is 0.737. The van der Waals surface area contributed by atoms with Crippen LogP contribution < -0.4 is 0 Å². The van der Waals surface area contributed by atoms with Gasteiger partial charge in [0.15, 0.2) is 0 Å². The van der Waals surface area contributed by atoms with Crippen molar-refractivity contribution in [3.63, 3.8) is 0 Å². The number of ketones is 1. The second-order valence-electron chi connectivity index (χ2n) is 8.38. The molecule has 1 heterocycles. The Labute approximate surface area is 174 Å². The Morgan fingerprint density at radius 2 is 1.79 bits per heavy atom. The molecule has 1 rings (SSSR count). The summed E-state index contributed by atoms with van der Waals surface area (Å²) in [5, 5.41) is 7.58. The van der Waals surface area contributed by atoms with E-state index in [-0.39, 0.29) is 55.2 Å². The molecule has 137 valence electrons. The van der Waals surface area contributed by atoms with Gasteiger partial charge in [-0.3, -0.25) is 4.68 Å². The molecular formula is C19H35N3OY-2. The van der Waals surface area contributed by atoms with Crippen molar-refractivity contribution in [2.45, 2.75) is 74.3 Å². The fourth-order valence-corrected chi connectivity index (χ4v) is 2.22. The van der Waals surface area contributed by atoms with E-state index in [2.05, 4.69) is 51.9 Å². The molecule has 0 bridgehead atoms. The Hall–Kier alpha value is -0.216. The summed E-state index contributed by atoms with van der Waals surface area (Å²) in [6.07, 6.45) is 4.87. The molecule has 0 amide bonds. The zero-order chi connectivity index (χ0) is 18.3. The van der Waals surface area contributed by atoms with Crippen LogP contribution in [0.25, 0.3) is 0 Å². The molecule has 1 atom stereocenters. The molecule has 0 aromatic carbocycles. The van der Waals surface area contributed by atoms with Gasteiger partial charge in [-0.2, -0.15) is 0 Å². The van der Waals surface area contributed by atoms with Crippen LogP contribution in [0.1, 0.15) is 73.4 Å². The zero-order valence-corrected chi connectivity index (χ0v) is 19.6. The van der Waals surface area contributed by atoms with Crippen LogP contribution in [0, 0.1) is 30.6 Å². The number of unbranched alkanes of at least 4 members (excludes halogenated alkanes) is 1. The molecule has 0 aliphatic carbocycles. The van der Waals surface area contributed by atoms with E-state index in [9.17, 15) is 4.79 Å². The van der Waals surface area contributed by atoms with Crippen molar-refractivity contribution in [2.24, 2.45) is 16.7 Å². The molecule has 1 aromatic heterocycles. The summed E-state index contributed by atoms with van der Waals surface area (Å²) < 4.78 is 1.82. The molecule has 24 heavy (non-hydrogen) atoms. The first-order valence-electron chi connectivity index (χ1n) is 8.46. The van der Waals surface area contributed by atoms with Crippen LogP contribution in [0.15, 0.2) is 6.20 Å². The van der Waals surface area contributed by atoms with E-state index >= 15 is 0 Å². The third-order valence-corrected chi connectivity index (χ3v) is 3.39. The first-order chi connectivity index (χ1) is 10.4. The summed E-state index contributed by atoms with van der Waals surface area (Å²) in [5.74, 6) is 0.197. The van der Waals surface area contributed by atoms with Crippen molar-refractivity contribution in [3.05, 3.63) is 25.7 Å². The Balaban J connectivity index is 0. The van der Waals surface area contributed by atoms with Gasteiger partial charge in [0.1, 0.15) is 5.78 Å². The van der Waals surface area contributed by atoms with Crippen molar-refractivity contribution >= 4 is 5.78 Å². The molecule has 5 heteroatoms. The second-order valence-corrected chi connectivity index (χ2v) is 8.38. The molecule has 0 aliphatic heterocycles. The fourth-order valence-electron chi connectivity index (χ4n) is 2.22. The van der Waals surface area contributed by atoms with Crippen molar-refractivity contribution in [1.29, 1.82) is 0 Å². The number of aromatic nitrogens is 3. The Kier molecular flexibility index (Phi) is 12.4. The van der Waals surface area contributed by atoms with Crippen molar-refractivity contribution in [3.8, 4) is 0 Å². The first kappa shape index (κ1) is 26.0. The average Bonchev–Trinajstić information content (AvgIpc) is 2.78. The molecule has 1 radical (unpaired) electrons. The maximum absolute atomic E-state index is 11.8. The van der Waals surface area contributed by atoms with Crippen LogP contribution in [0.4, 0.5) is 0 Å². The van der Waals surface area contributed by atoms with Gasteiger partial charge in [0.2, 0.25) is 0 Å². The van der Waals surface area contributed by atoms with Gasteiger partial charge in [-0.05, 0) is 11.8 Å². The second kappa shape index (κ2) is 11.4. The monoisotopic (exact) mass is 410 g/mol. The van der Waals surface area contributed by atoms with Gasteiger partial charge in [0.25, 0.3) is 0 Å². The van der Waals surface area contributed by atoms with Crippen LogP contribution in [0.5, 0.6) is 0 Å². The summed E-state index contributed by atoms with van der Waals surface area (Å²) >= 11 is 0. The van der Waals surface area contributed by atoms with Gasteiger partial charge in [0, 0.05) is 44.7 Å². The van der Waals surface area contributed by atoms with Crippen molar-refractivity contribution in [1.82, 2.24) is 15.0 Å². The third-order valence-electron chi connectivity index (χ3n) is 3.39. The number of hydrogen-bond acceptors (Lipinski definition) is 3. The standard InChI is InChI=1S/C12H23O.C7H12N3.Y/c1-9(8-11(2,3)4)10(13)12(5,6)7;1-3-4-5-10-7(2)6-8-9-10;/h9H,1,8H2,2-7H3;6H,2-5H2,1H3;/q2*-1;. The Morgan fingerprint density at radius 1 is 1.25 bits per heavy atom. The maximum atomic E-state index is 11.8. The SMILES string of the molecule is [CH2-]C(CC(C)(C)C)C(=O)C(C)(C)C.[CH2-]c1cnnn1CCCC.[Y]. The largest absolute Gasteiger partial charge is 0.333 e. The normalized spacial score (nSPS) is 12.7. The summed E-state index contributed by atoms with van der Waals surface area (Å²) in [4.78, 5) is 11.8. The molecule has 1 unspecified atom stereocenters. The van der Waals surface area contributed by atoms with E-state index < -0.39 is 0 Å². The van der Waals surface area contributed by atoms with Crippen LogP contribution in [0.2, 0.25) is 0 Å². The predicted octanol–water partition coefficient (Wildman–Crippen LogP) is 4.75. The summed E-state index contributed by atoms with van der Waals surface area (Å²) in [7, 11) is 0. The van der Waals surface area contributed by atoms with Crippen molar-refractivity contribution < 1.29 is 37.5 Å². The average molecular weight is 410 g/mol. The Morgan fingerprint density at radius 3 is 2.12 bits per heavy atom. The molecular weight excluding hydrogens is 375 g/mol. The van der Waals surface area contributed by atoms with Crippen LogP contribution in [-0.2, 0) is 44.0 Å². The number of carbonyl (C=O) groups excluding carboxylic acids is 1. The summed E-state index contributed by atoms with van der Waals surface area (Å²) in [6.45, 7) is 23.1. The van der Waals surface area contributed by atoms with E-state index in [1.54, 1.807) is 6.20 Å². The van der Waals surface area contributed by atoms with Crippen LogP contribution >= 0.6 is 0 Å². The van der Waals surface area contributed by atoms with E-state index in [1.807, 2.05) is 25.5 Å². The van der Waals surface area contributed by atoms with Gasteiger partial charge < -0.3 is 11.7 Å². The van der Waals surface area contributed by atoms with E-state index in [1.165, 1.54) is 6.42 Å². The van der Waals surface area contributed by atoms with Crippen LogP contribution in [0.3, 0.4) is 0 Å². The topological polar surface area (TPSA) is 47.8 Å². The van der Waals surface area contributed by atoms with E-state index in [4.69, 9.17) is 0 Å². The van der Waals surface area contributed by atoms with E-state index in [0.29, 0.717) is 0 Å². The predicted molar refractivity (Wildman–Crippen MR) is 96.8 cm³/mol. The maximum Gasteiger partial charge on any atom is 0.111 e. The number of aryl methyl sites for hydroxylation is 1. The van der Waals surface area contributed by atoms with Gasteiger partial charge in [-0.1, -0.05) is 78.4 Å². The summed E-state index contributed by atoms with van der Waals surface area (Å²) in [6, 6.07) is 0. The molecule has 0 fully saturated rings. The van der Waals surface area contributed by atoms with Crippen LogP contribution in [-0.4, -0.2) is 20.8 Å². The number of carbonyl (C=O) groups is 1. The number of Topliss-reactive ketones (excluding diaryl/α,β-unsaturated/α-hetero) is 1. The van der Waals surface area contributed by atoms with Crippen molar-refractivity contribution in [2.75, 3.05) is 0 Å². The van der Waals surface area contributed by atoms with Gasteiger partial charge in [-0.15, -0.1) is 5.92 Å². The number of rotatable bonds is 5. The van der Waals surface area contributed by atoms with Gasteiger partial charge >= 0.3 is 0 Å². The third kappa shape index (κ3) is 11.4. The molecule has 0 spiro atoms. The minimum absolute atomic E-state index is 0. The zero-order valence-electron chi connectivity index (χ0n) is 16.7. The number of hydrogen-bond donors (Lipinski definition) is 0. The van der Waals surface area contributed by atoms with Gasteiger partial charge in [0.05, 0.1) is 0 Å². The minimum atomic E-state index is -0.252. The smallest absolute Gasteiger partial charge is 0.111 e. The van der Waals surface area contributed by atoms with E-state index in [0.717, 1.165) is 25.1 Å². The molecule has 0 N–H and O–H groups in total. The Bertz CT molecular complexity index is 470. The first-order valence-corrected chi connectivity index (χ1v) is 8.46. The quantitative estimate of drug-likeness (QED) is 0.659. The molecule has 4 nitrogen and oxygen atoms in total.